The highest BCUT2D eigenvalue weighted by molar-refractivity contribution is 7.80. The molecule has 0 spiro atoms. The molecule has 0 saturated heterocycles. The Bertz CT molecular complexity index is 928. The molecule has 8 heteroatoms. The second-order valence-corrected chi connectivity index (χ2v) is 8.06. The smallest absolute Gasteiger partial charge is 0.343 e. The van der Waals surface area contributed by atoms with Crippen LogP contribution in [0.3, 0.4) is 0 Å². The molecule has 3 rings (SSSR count). The normalized spacial score (nSPS) is 14.3. The van der Waals surface area contributed by atoms with Gasteiger partial charge in [-0.25, -0.2) is 4.79 Å². The van der Waals surface area contributed by atoms with E-state index in [1.807, 2.05) is 6.92 Å². The fourth-order valence-electron chi connectivity index (χ4n) is 3.33. The van der Waals surface area contributed by atoms with Crippen LogP contribution in [0.15, 0.2) is 47.6 Å². The standard InChI is InChI=1S/C23H26ClN3O3S/c1-2-29-21-14-16(15-25-27-23(31)26-19-6-4-3-5-7-19)8-13-20(21)30-22(28)17-9-11-18(24)12-10-17/h8-15,19H,2-7H2,1H3,(H2,26,27,31)/b25-15+. The molecule has 0 heterocycles. The number of esters is 1. The molecule has 0 atom stereocenters. The summed E-state index contributed by atoms with van der Waals surface area (Å²) in [6, 6.07) is 12.2. The van der Waals surface area contributed by atoms with Gasteiger partial charge in [0.15, 0.2) is 16.6 Å². The summed E-state index contributed by atoms with van der Waals surface area (Å²) in [4.78, 5) is 12.4. The van der Waals surface area contributed by atoms with E-state index in [1.54, 1.807) is 48.7 Å². The Balaban J connectivity index is 1.61. The lowest BCUT2D eigenvalue weighted by Gasteiger charge is -2.23. The molecule has 0 aromatic heterocycles. The molecule has 1 aliphatic carbocycles. The number of rotatable bonds is 7. The third-order valence-corrected chi connectivity index (χ3v) is 5.33. The molecular formula is C23H26ClN3O3S. The topological polar surface area (TPSA) is 71.9 Å². The summed E-state index contributed by atoms with van der Waals surface area (Å²) in [6.45, 7) is 2.29. The van der Waals surface area contributed by atoms with Gasteiger partial charge >= 0.3 is 5.97 Å². The van der Waals surface area contributed by atoms with E-state index < -0.39 is 5.97 Å². The summed E-state index contributed by atoms with van der Waals surface area (Å²) < 4.78 is 11.2. The first-order valence-corrected chi connectivity index (χ1v) is 11.2. The zero-order chi connectivity index (χ0) is 22.1. The first-order chi connectivity index (χ1) is 15.0. The summed E-state index contributed by atoms with van der Waals surface area (Å²) in [5.74, 6) is 0.304. The lowest BCUT2D eigenvalue weighted by Crippen LogP contribution is -2.40. The Labute approximate surface area is 193 Å². The van der Waals surface area contributed by atoms with Crippen LogP contribution in [0.5, 0.6) is 11.5 Å². The van der Waals surface area contributed by atoms with E-state index in [9.17, 15) is 4.79 Å². The molecule has 2 N–H and O–H groups in total. The Morgan fingerprint density at radius 1 is 1.16 bits per heavy atom. The number of nitrogens with one attached hydrogen (secondary N) is 2. The Morgan fingerprint density at radius 2 is 1.90 bits per heavy atom. The zero-order valence-electron chi connectivity index (χ0n) is 17.4. The van der Waals surface area contributed by atoms with Crippen LogP contribution in [-0.4, -0.2) is 29.9 Å². The maximum absolute atomic E-state index is 12.4. The number of halogens is 1. The molecule has 164 valence electrons. The molecular weight excluding hydrogens is 434 g/mol. The van der Waals surface area contributed by atoms with Crippen molar-refractivity contribution in [1.82, 2.24) is 10.7 Å². The Kier molecular flexibility index (Phi) is 8.67. The molecule has 1 aliphatic rings. The van der Waals surface area contributed by atoms with Crippen LogP contribution in [0.1, 0.15) is 54.9 Å². The van der Waals surface area contributed by atoms with E-state index in [4.69, 9.17) is 33.3 Å². The van der Waals surface area contributed by atoms with Gasteiger partial charge in [0.25, 0.3) is 0 Å². The fraction of sp³-hybridized carbons (Fsp3) is 0.348. The minimum absolute atomic E-state index is 0.335. The van der Waals surface area contributed by atoms with E-state index >= 15 is 0 Å². The molecule has 2 aromatic rings. The van der Waals surface area contributed by atoms with Crippen LogP contribution in [0.25, 0.3) is 0 Å². The van der Waals surface area contributed by atoms with Gasteiger partial charge in [0.2, 0.25) is 0 Å². The second-order valence-electron chi connectivity index (χ2n) is 7.21. The summed E-state index contributed by atoms with van der Waals surface area (Å²) in [6.07, 6.45) is 7.68. The minimum atomic E-state index is -0.486. The summed E-state index contributed by atoms with van der Waals surface area (Å²) >= 11 is 11.2. The van der Waals surface area contributed by atoms with Gasteiger partial charge in [-0.15, -0.1) is 0 Å². The highest BCUT2D eigenvalue weighted by Gasteiger charge is 2.14. The van der Waals surface area contributed by atoms with E-state index in [1.165, 1.54) is 19.3 Å². The SMILES string of the molecule is CCOc1cc(/C=N/NC(=S)NC2CCCCC2)ccc1OC(=O)c1ccc(Cl)cc1. The molecule has 0 amide bonds. The van der Waals surface area contributed by atoms with E-state index in [0.29, 0.717) is 39.8 Å². The lowest BCUT2D eigenvalue weighted by molar-refractivity contribution is 0.0728. The van der Waals surface area contributed by atoms with E-state index in [-0.39, 0.29) is 0 Å². The maximum Gasteiger partial charge on any atom is 0.343 e. The van der Waals surface area contributed by atoms with Gasteiger partial charge in [-0.3, -0.25) is 5.43 Å². The summed E-state index contributed by atoms with van der Waals surface area (Å²) in [7, 11) is 0. The number of carbonyl (C=O) groups excluding carboxylic acids is 1. The van der Waals surface area contributed by atoms with Crippen molar-refractivity contribution in [3.63, 3.8) is 0 Å². The summed E-state index contributed by atoms with van der Waals surface area (Å²) in [5, 5.41) is 8.57. The van der Waals surface area contributed by atoms with Gasteiger partial charge in [-0.2, -0.15) is 5.10 Å². The number of ether oxygens (including phenoxy) is 2. The predicted molar refractivity (Wildman–Crippen MR) is 127 cm³/mol. The molecule has 1 saturated carbocycles. The highest BCUT2D eigenvalue weighted by Crippen LogP contribution is 2.29. The molecule has 0 radical (unpaired) electrons. The van der Waals surface area contributed by atoms with Crippen LogP contribution >= 0.6 is 23.8 Å². The van der Waals surface area contributed by atoms with Crippen molar-refractivity contribution in [3.05, 3.63) is 58.6 Å². The number of hydrogen-bond acceptors (Lipinski definition) is 5. The highest BCUT2D eigenvalue weighted by atomic mass is 35.5. The van der Waals surface area contributed by atoms with Crippen molar-refractivity contribution in [2.75, 3.05) is 6.61 Å². The van der Waals surface area contributed by atoms with Crippen LogP contribution in [0, 0.1) is 0 Å². The van der Waals surface area contributed by atoms with Crippen molar-refractivity contribution >= 4 is 41.1 Å². The summed E-state index contributed by atoms with van der Waals surface area (Å²) in [5.41, 5.74) is 4.04. The number of thiocarbonyl (C=S) groups is 1. The number of hydrogen-bond donors (Lipinski definition) is 2. The molecule has 0 unspecified atom stereocenters. The van der Waals surface area contributed by atoms with Gasteiger partial charge in [0.05, 0.1) is 18.4 Å². The third kappa shape index (κ3) is 7.22. The van der Waals surface area contributed by atoms with Crippen LogP contribution in [-0.2, 0) is 0 Å². The molecule has 6 nitrogen and oxygen atoms in total. The third-order valence-electron chi connectivity index (χ3n) is 4.87. The molecule has 31 heavy (non-hydrogen) atoms. The van der Waals surface area contributed by atoms with Gasteiger partial charge in [-0.1, -0.05) is 30.9 Å². The molecule has 0 aliphatic heterocycles. The van der Waals surface area contributed by atoms with Crippen molar-refractivity contribution in [3.8, 4) is 11.5 Å². The first kappa shape index (κ1) is 23.0. The zero-order valence-corrected chi connectivity index (χ0v) is 19.0. The monoisotopic (exact) mass is 459 g/mol. The number of nitrogens with zero attached hydrogens (tertiary/aromatic N) is 1. The van der Waals surface area contributed by atoms with Gasteiger partial charge in [0, 0.05) is 11.1 Å². The van der Waals surface area contributed by atoms with Crippen LogP contribution < -0.4 is 20.2 Å². The average Bonchev–Trinajstić information content (AvgIpc) is 2.77. The van der Waals surface area contributed by atoms with Crippen molar-refractivity contribution in [2.24, 2.45) is 5.10 Å². The number of hydrazone groups is 1. The minimum Gasteiger partial charge on any atom is -0.490 e. The molecule has 2 aromatic carbocycles. The van der Waals surface area contributed by atoms with Gasteiger partial charge in [0.1, 0.15) is 0 Å². The van der Waals surface area contributed by atoms with E-state index in [2.05, 4.69) is 15.8 Å². The second kappa shape index (κ2) is 11.7. The average molecular weight is 460 g/mol. The predicted octanol–water partition coefficient (Wildman–Crippen LogP) is 5.09. The Hall–Kier alpha value is -2.64. The van der Waals surface area contributed by atoms with Crippen LogP contribution in [0.2, 0.25) is 5.02 Å². The quantitative estimate of drug-likeness (QED) is 0.197. The van der Waals surface area contributed by atoms with E-state index in [0.717, 1.165) is 18.4 Å². The number of carbonyl (C=O) groups is 1. The molecule has 0 bridgehead atoms. The van der Waals surface area contributed by atoms with Crippen molar-refractivity contribution < 1.29 is 14.3 Å². The fourth-order valence-corrected chi connectivity index (χ4v) is 3.68. The van der Waals surface area contributed by atoms with Gasteiger partial charge in [-0.05, 0) is 80.0 Å². The van der Waals surface area contributed by atoms with Gasteiger partial charge < -0.3 is 14.8 Å². The number of benzene rings is 2. The van der Waals surface area contributed by atoms with Crippen molar-refractivity contribution in [1.29, 1.82) is 0 Å². The maximum atomic E-state index is 12.4. The van der Waals surface area contributed by atoms with Crippen molar-refractivity contribution in [2.45, 2.75) is 45.1 Å². The van der Waals surface area contributed by atoms with Crippen LogP contribution in [0.4, 0.5) is 0 Å². The first-order valence-electron chi connectivity index (χ1n) is 10.4. The largest absolute Gasteiger partial charge is 0.490 e. The lowest BCUT2D eigenvalue weighted by atomic mass is 9.96. The Morgan fingerprint density at radius 3 is 2.61 bits per heavy atom. The molecule has 1 fully saturated rings.